The molecule has 2 rings (SSSR count). The van der Waals surface area contributed by atoms with Gasteiger partial charge in [-0.05, 0) is 24.6 Å². The Morgan fingerprint density at radius 1 is 1.29 bits per heavy atom. The standard InChI is InChI=1S/C13H11N5O2S/c1-9-12(8-15)13(17-16-9)18-21(19,20)11-4-2-10(3-5-11)6-7-14/h2-5H,6H2,1H3,(H2,16,17,18). The van der Waals surface area contributed by atoms with Crippen molar-refractivity contribution in [2.45, 2.75) is 18.2 Å². The number of rotatable bonds is 4. The van der Waals surface area contributed by atoms with E-state index in [2.05, 4.69) is 14.9 Å². The van der Waals surface area contributed by atoms with Crippen molar-refractivity contribution in [2.24, 2.45) is 0 Å². The molecule has 7 nitrogen and oxygen atoms in total. The number of aromatic amines is 1. The first-order valence-corrected chi connectivity index (χ1v) is 7.40. The maximum Gasteiger partial charge on any atom is 0.263 e. The molecule has 0 aliphatic carbocycles. The number of aromatic nitrogens is 2. The van der Waals surface area contributed by atoms with Gasteiger partial charge in [0.25, 0.3) is 10.0 Å². The van der Waals surface area contributed by atoms with E-state index in [9.17, 15) is 8.42 Å². The number of benzene rings is 1. The first-order chi connectivity index (χ1) is 9.97. The van der Waals surface area contributed by atoms with Gasteiger partial charge >= 0.3 is 0 Å². The number of H-pyrrole nitrogens is 1. The molecule has 0 amide bonds. The van der Waals surface area contributed by atoms with Crippen LogP contribution < -0.4 is 4.72 Å². The molecule has 1 aromatic carbocycles. The summed E-state index contributed by atoms with van der Waals surface area (Å²) < 4.78 is 26.7. The SMILES string of the molecule is Cc1[nH]nc(NS(=O)(=O)c2ccc(CC#N)cc2)c1C#N. The molecule has 1 aromatic heterocycles. The van der Waals surface area contributed by atoms with Crippen molar-refractivity contribution in [3.63, 3.8) is 0 Å². The Bertz CT molecular complexity index is 838. The largest absolute Gasteiger partial charge is 0.279 e. The van der Waals surface area contributed by atoms with Crippen molar-refractivity contribution in [3.8, 4) is 12.1 Å². The second-order valence-corrected chi connectivity index (χ2v) is 5.95. The van der Waals surface area contributed by atoms with Gasteiger partial charge in [-0.3, -0.25) is 9.82 Å². The molecule has 2 aromatic rings. The summed E-state index contributed by atoms with van der Waals surface area (Å²) in [5, 5.41) is 23.9. The normalized spacial score (nSPS) is 10.6. The van der Waals surface area contributed by atoms with Gasteiger partial charge in [0.2, 0.25) is 0 Å². The Hall–Kier alpha value is -2.84. The van der Waals surface area contributed by atoms with E-state index < -0.39 is 10.0 Å². The van der Waals surface area contributed by atoms with Crippen LogP contribution in [0.1, 0.15) is 16.8 Å². The Morgan fingerprint density at radius 2 is 1.95 bits per heavy atom. The topological polar surface area (TPSA) is 122 Å². The highest BCUT2D eigenvalue weighted by atomic mass is 32.2. The first-order valence-electron chi connectivity index (χ1n) is 5.91. The van der Waals surface area contributed by atoms with Gasteiger partial charge in [-0.15, -0.1) is 0 Å². The van der Waals surface area contributed by atoms with Crippen LogP contribution in [0.3, 0.4) is 0 Å². The van der Waals surface area contributed by atoms with Crippen LogP contribution in [-0.2, 0) is 16.4 Å². The number of sulfonamides is 1. The molecule has 1 heterocycles. The Kier molecular flexibility index (Phi) is 3.92. The van der Waals surface area contributed by atoms with Gasteiger partial charge in [-0.2, -0.15) is 15.6 Å². The maximum atomic E-state index is 12.2. The molecule has 0 aliphatic heterocycles. The van der Waals surface area contributed by atoms with Crippen molar-refractivity contribution in [2.75, 3.05) is 4.72 Å². The number of anilines is 1. The van der Waals surface area contributed by atoms with Gasteiger partial charge in [0, 0.05) is 0 Å². The molecular formula is C13H11N5O2S. The van der Waals surface area contributed by atoms with E-state index in [-0.39, 0.29) is 22.7 Å². The lowest BCUT2D eigenvalue weighted by Gasteiger charge is -2.06. The van der Waals surface area contributed by atoms with E-state index in [1.54, 1.807) is 19.1 Å². The summed E-state index contributed by atoms with van der Waals surface area (Å²) in [6, 6.07) is 9.81. The van der Waals surface area contributed by atoms with E-state index in [0.29, 0.717) is 5.69 Å². The third-order valence-electron chi connectivity index (χ3n) is 2.81. The van der Waals surface area contributed by atoms with Crippen LogP contribution in [0.15, 0.2) is 29.2 Å². The van der Waals surface area contributed by atoms with E-state index >= 15 is 0 Å². The lowest BCUT2D eigenvalue weighted by molar-refractivity contribution is 0.601. The quantitative estimate of drug-likeness (QED) is 0.885. The highest BCUT2D eigenvalue weighted by molar-refractivity contribution is 7.92. The molecule has 2 N–H and O–H groups in total. The zero-order valence-electron chi connectivity index (χ0n) is 11.1. The number of nitrogens with one attached hydrogen (secondary N) is 2. The third kappa shape index (κ3) is 3.02. The lowest BCUT2D eigenvalue weighted by Crippen LogP contribution is -2.14. The monoisotopic (exact) mass is 301 g/mol. The van der Waals surface area contributed by atoms with Crippen molar-refractivity contribution in [1.29, 1.82) is 10.5 Å². The Labute approximate surface area is 121 Å². The predicted molar refractivity (Wildman–Crippen MR) is 74.6 cm³/mol. The Morgan fingerprint density at radius 3 is 2.52 bits per heavy atom. The fraction of sp³-hybridized carbons (Fsp3) is 0.154. The second-order valence-electron chi connectivity index (χ2n) is 4.27. The van der Waals surface area contributed by atoms with Crippen LogP contribution in [0, 0.1) is 29.6 Å². The van der Waals surface area contributed by atoms with Gasteiger partial charge in [-0.1, -0.05) is 12.1 Å². The molecule has 106 valence electrons. The zero-order valence-corrected chi connectivity index (χ0v) is 11.9. The number of aryl methyl sites for hydroxylation is 1. The molecule has 0 fully saturated rings. The number of hydrogen-bond acceptors (Lipinski definition) is 5. The van der Waals surface area contributed by atoms with Gasteiger partial charge < -0.3 is 0 Å². The minimum atomic E-state index is -3.83. The lowest BCUT2D eigenvalue weighted by atomic mass is 10.2. The van der Waals surface area contributed by atoms with Gasteiger partial charge in [-0.25, -0.2) is 8.42 Å². The summed E-state index contributed by atoms with van der Waals surface area (Å²) in [6.45, 7) is 1.63. The van der Waals surface area contributed by atoms with Crippen LogP contribution >= 0.6 is 0 Å². The van der Waals surface area contributed by atoms with Crippen molar-refractivity contribution >= 4 is 15.8 Å². The van der Waals surface area contributed by atoms with E-state index in [0.717, 1.165) is 5.56 Å². The highest BCUT2D eigenvalue weighted by Gasteiger charge is 2.19. The van der Waals surface area contributed by atoms with Crippen LogP contribution in [0.25, 0.3) is 0 Å². The van der Waals surface area contributed by atoms with Gasteiger partial charge in [0.05, 0.1) is 23.1 Å². The average Bonchev–Trinajstić information content (AvgIpc) is 2.79. The summed E-state index contributed by atoms with van der Waals surface area (Å²) in [4.78, 5) is 0.0359. The molecule has 0 atom stereocenters. The second kappa shape index (κ2) is 5.65. The highest BCUT2D eigenvalue weighted by Crippen LogP contribution is 2.19. The van der Waals surface area contributed by atoms with Crippen molar-refractivity contribution in [1.82, 2.24) is 10.2 Å². The number of hydrogen-bond donors (Lipinski definition) is 2. The summed E-state index contributed by atoms with van der Waals surface area (Å²) in [7, 11) is -3.83. The summed E-state index contributed by atoms with van der Waals surface area (Å²) in [5.41, 5.74) is 1.36. The van der Waals surface area contributed by atoms with Crippen molar-refractivity contribution < 1.29 is 8.42 Å². The molecule has 21 heavy (non-hydrogen) atoms. The van der Waals surface area contributed by atoms with Crippen LogP contribution in [-0.4, -0.2) is 18.6 Å². The Balaban J connectivity index is 2.30. The molecule has 0 unspecified atom stereocenters. The van der Waals surface area contributed by atoms with Crippen LogP contribution in [0.5, 0.6) is 0 Å². The molecule has 8 heteroatoms. The smallest absolute Gasteiger partial charge is 0.263 e. The predicted octanol–water partition coefficient (Wildman–Crippen LogP) is 1.46. The van der Waals surface area contributed by atoms with E-state index in [1.807, 2.05) is 12.1 Å². The third-order valence-corrected chi connectivity index (χ3v) is 4.16. The summed E-state index contributed by atoms with van der Waals surface area (Å²) >= 11 is 0. The summed E-state index contributed by atoms with van der Waals surface area (Å²) in [6.07, 6.45) is 0.213. The number of nitriles is 2. The molecule has 0 radical (unpaired) electrons. The van der Waals surface area contributed by atoms with Gasteiger partial charge in [0.15, 0.2) is 5.82 Å². The average molecular weight is 301 g/mol. The van der Waals surface area contributed by atoms with Crippen molar-refractivity contribution in [3.05, 3.63) is 41.1 Å². The fourth-order valence-electron chi connectivity index (χ4n) is 1.70. The molecule has 0 saturated heterocycles. The van der Waals surface area contributed by atoms with Gasteiger partial charge in [0.1, 0.15) is 11.6 Å². The molecular weight excluding hydrogens is 290 g/mol. The molecule has 0 bridgehead atoms. The van der Waals surface area contributed by atoms with Crippen LogP contribution in [0.2, 0.25) is 0 Å². The fourth-order valence-corrected chi connectivity index (χ4v) is 2.72. The van der Waals surface area contributed by atoms with E-state index in [1.165, 1.54) is 12.1 Å². The molecule has 0 spiro atoms. The molecule has 0 saturated carbocycles. The molecule has 0 aliphatic rings. The summed E-state index contributed by atoms with van der Waals surface area (Å²) in [5.74, 6) is -0.0314. The maximum absolute atomic E-state index is 12.2. The minimum absolute atomic E-state index is 0.0314. The minimum Gasteiger partial charge on any atom is -0.279 e. The van der Waals surface area contributed by atoms with E-state index in [4.69, 9.17) is 10.5 Å². The zero-order chi connectivity index (χ0) is 15.5. The number of nitrogens with zero attached hydrogens (tertiary/aromatic N) is 3. The van der Waals surface area contributed by atoms with Crippen LogP contribution in [0.4, 0.5) is 5.82 Å². The first kappa shape index (κ1) is 14.6.